The normalized spacial score (nSPS) is 19.5. The molecule has 0 aromatic rings. The molecule has 1 aliphatic carbocycles. The SMILES string of the molecule is C=CC1([C@H](NC(=O)OC(C)(C)C)C(=O)O)CCCC1. The lowest BCUT2D eigenvalue weighted by atomic mass is 9.78. The van der Waals surface area contributed by atoms with E-state index < -0.39 is 29.1 Å². The first-order valence-corrected chi connectivity index (χ1v) is 6.56. The third-order valence-corrected chi connectivity index (χ3v) is 3.42. The summed E-state index contributed by atoms with van der Waals surface area (Å²) < 4.78 is 5.12. The molecule has 1 atom stereocenters. The maximum Gasteiger partial charge on any atom is 0.408 e. The van der Waals surface area contributed by atoms with Crippen molar-refractivity contribution >= 4 is 12.1 Å². The first kappa shape index (κ1) is 15.5. The lowest BCUT2D eigenvalue weighted by Crippen LogP contribution is -2.52. The smallest absolute Gasteiger partial charge is 0.408 e. The van der Waals surface area contributed by atoms with Crippen LogP contribution in [0.3, 0.4) is 0 Å². The van der Waals surface area contributed by atoms with Crippen molar-refractivity contribution in [3.63, 3.8) is 0 Å². The fraction of sp³-hybridized carbons (Fsp3) is 0.714. The lowest BCUT2D eigenvalue weighted by Gasteiger charge is -2.33. The number of carbonyl (C=O) groups excluding carboxylic acids is 1. The van der Waals surface area contributed by atoms with Crippen molar-refractivity contribution in [1.82, 2.24) is 5.32 Å². The molecule has 5 nitrogen and oxygen atoms in total. The molecule has 0 saturated heterocycles. The molecule has 1 saturated carbocycles. The molecule has 19 heavy (non-hydrogen) atoms. The summed E-state index contributed by atoms with van der Waals surface area (Å²) in [5.41, 5.74) is -1.22. The molecule has 0 aromatic carbocycles. The third kappa shape index (κ3) is 3.98. The molecule has 0 radical (unpaired) electrons. The predicted octanol–water partition coefficient (Wildman–Crippen LogP) is 2.71. The number of aliphatic carboxylic acids is 1. The van der Waals surface area contributed by atoms with E-state index in [2.05, 4.69) is 11.9 Å². The third-order valence-electron chi connectivity index (χ3n) is 3.42. The fourth-order valence-corrected chi connectivity index (χ4v) is 2.52. The summed E-state index contributed by atoms with van der Waals surface area (Å²) in [4.78, 5) is 23.2. The van der Waals surface area contributed by atoms with Crippen LogP contribution >= 0.6 is 0 Å². The maximum atomic E-state index is 11.8. The Hall–Kier alpha value is -1.52. The summed E-state index contributed by atoms with van der Waals surface area (Å²) in [5.74, 6) is -1.05. The van der Waals surface area contributed by atoms with Gasteiger partial charge in [-0.05, 0) is 33.6 Å². The van der Waals surface area contributed by atoms with Crippen LogP contribution in [-0.4, -0.2) is 28.8 Å². The Balaban J connectivity index is 2.81. The van der Waals surface area contributed by atoms with Crippen molar-refractivity contribution in [2.45, 2.75) is 58.1 Å². The van der Waals surface area contributed by atoms with Gasteiger partial charge >= 0.3 is 12.1 Å². The van der Waals surface area contributed by atoms with Crippen LogP contribution in [0.5, 0.6) is 0 Å². The van der Waals surface area contributed by atoms with Crippen LogP contribution in [-0.2, 0) is 9.53 Å². The van der Waals surface area contributed by atoms with Crippen LogP contribution in [0.4, 0.5) is 4.79 Å². The van der Waals surface area contributed by atoms with E-state index in [0.29, 0.717) is 0 Å². The lowest BCUT2D eigenvalue weighted by molar-refractivity contribution is -0.142. The molecular weight excluding hydrogens is 246 g/mol. The number of carboxylic acids is 1. The zero-order valence-corrected chi connectivity index (χ0v) is 11.9. The van der Waals surface area contributed by atoms with Gasteiger partial charge in [0.15, 0.2) is 0 Å². The van der Waals surface area contributed by atoms with Gasteiger partial charge in [-0.1, -0.05) is 18.9 Å². The maximum absolute atomic E-state index is 11.8. The minimum atomic E-state index is -1.05. The highest BCUT2D eigenvalue weighted by molar-refractivity contribution is 5.81. The zero-order valence-electron chi connectivity index (χ0n) is 11.9. The van der Waals surface area contributed by atoms with Crippen molar-refractivity contribution in [3.8, 4) is 0 Å². The molecule has 1 aliphatic rings. The van der Waals surface area contributed by atoms with E-state index in [0.717, 1.165) is 25.7 Å². The quantitative estimate of drug-likeness (QED) is 0.769. The molecule has 0 heterocycles. The summed E-state index contributed by atoms with van der Waals surface area (Å²) in [5, 5.41) is 11.8. The van der Waals surface area contributed by atoms with Gasteiger partial charge < -0.3 is 15.2 Å². The minimum absolute atomic E-state index is 0.567. The molecule has 0 aromatic heterocycles. The van der Waals surface area contributed by atoms with Crippen molar-refractivity contribution < 1.29 is 19.4 Å². The van der Waals surface area contributed by atoms with Gasteiger partial charge in [0.1, 0.15) is 11.6 Å². The van der Waals surface area contributed by atoms with E-state index in [1.165, 1.54) is 0 Å². The van der Waals surface area contributed by atoms with E-state index in [1.54, 1.807) is 26.8 Å². The number of hydrogen-bond acceptors (Lipinski definition) is 3. The predicted molar refractivity (Wildman–Crippen MR) is 71.9 cm³/mol. The second-order valence-electron chi connectivity index (χ2n) is 6.06. The Labute approximate surface area is 114 Å². The van der Waals surface area contributed by atoms with Gasteiger partial charge in [-0.3, -0.25) is 0 Å². The number of rotatable bonds is 4. The highest BCUT2D eigenvalue weighted by atomic mass is 16.6. The number of carboxylic acid groups (broad SMARTS) is 1. The van der Waals surface area contributed by atoms with Gasteiger partial charge in [-0.2, -0.15) is 0 Å². The van der Waals surface area contributed by atoms with Crippen LogP contribution in [0.15, 0.2) is 12.7 Å². The number of alkyl carbamates (subject to hydrolysis) is 1. The number of amides is 1. The highest BCUT2D eigenvalue weighted by Gasteiger charge is 2.44. The van der Waals surface area contributed by atoms with Crippen molar-refractivity contribution in [2.75, 3.05) is 0 Å². The Morgan fingerprint density at radius 3 is 2.26 bits per heavy atom. The summed E-state index contributed by atoms with van der Waals surface area (Å²) >= 11 is 0. The summed E-state index contributed by atoms with van der Waals surface area (Å²) in [6.45, 7) is 8.96. The van der Waals surface area contributed by atoms with E-state index >= 15 is 0 Å². The number of carbonyl (C=O) groups is 2. The van der Waals surface area contributed by atoms with E-state index in [-0.39, 0.29) is 0 Å². The molecule has 0 spiro atoms. The largest absolute Gasteiger partial charge is 0.480 e. The van der Waals surface area contributed by atoms with Crippen molar-refractivity contribution in [3.05, 3.63) is 12.7 Å². The topological polar surface area (TPSA) is 75.6 Å². The Bertz CT molecular complexity index is 364. The van der Waals surface area contributed by atoms with Crippen LogP contribution in [0, 0.1) is 5.41 Å². The van der Waals surface area contributed by atoms with Gasteiger partial charge in [0, 0.05) is 5.41 Å². The first-order chi connectivity index (χ1) is 8.70. The Morgan fingerprint density at radius 1 is 1.37 bits per heavy atom. The molecule has 1 rings (SSSR count). The fourth-order valence-electron chi connectivity index (χ4n) is 2.52. The first-order valence-electron chi connectivity index (χ1n) is 6.56. The standard InChI is InChI=1S/C14H23NO4/c1-5-14(8-6-7-9-14)10(11(16)17)15-12(18)19-13(2,3)4/h5,10H,1,6-9H2,2-4H3,(H,15,18)(H,16,17)/t10-/m1/s1. The van der Waals surface area contributed by atoms with Gasteiger partial charge in [0.2, 0.25) is 0 Å². The van der Waals surface area contributed by atoms with Gasteiger partial charge in [0.05, 0.1) is 0 Å². The molecule has 1 fully saturated rings. The van der Waals surface area contributed by atoms with Crippen molar-refractivity contribution in [2.24, 2.45) is 5.41 Å². The van der Waals surface area contributed by atoms with Crippen LogP contribution < -0.4 is 5.32 Å². The van der Waals surface area contributed by atoms with Crippen molar-refractivity contribution in [1.29, 1.82) is 0 Å². The molecule has 5 heteroatoms. The number of ether oxygens (including phenoxy) is 1. The van der Waals surface area contributed by atoms with E-state index in [1.807, 2.05) is 0 Å². The molecular formula is C14H23NO4. The average Bonchev–Trinajstić information content (AvgIpc) is 2.72. The Morgan fingerprint density at radius 2 is 1.89 bits per heavy atom. The Kier molecular flexibility index (Phi) is 4.61. The second-order valence-corrected chi connectivity index (χ2v) is 6.06. The molecule has 0 aliphatic heterocycles. The van der Waals surface area contributed by atoms with Gasteiger partial charge in [0.25, 0.3) is 0 Å². The minimum Gasteiger partial charge on any atom is -0.480 e. The van der Waals surface area contributed by atoms with Gasteiger partial charge in [-0.25, -0.2) is 9.59 Å². The van der Waals surface area contributed by atoms with Crippen LogP contribution in [0.2, 0.25) is 0 Å². The average molecular weight is 269 g/mol. The van der Waals surface area contributed by atoms with Crippen LogP contribution in [0.1, 0.15) is 46.5 Å². The second kappa shape index (κ2) is 5.63. The van der Waals surface area contributed by atoms with E-state index in [9.17, 15) is 14.7 Å². The van der Waals surface area contributed by atoms with E-state index in [4.69, 9.17) is 4.74 Å². The monoisotopic (exact) mass is 269 g/mol. The summed E-state index contributed by atoms with van der Waals surface area (Å²) in [6.07, 6.45) is 4.31. The highest BCUT2D eigenvalue weighted by Crippen LogP contribution is 2.42. The summed E-state index contributed by atoms with van der Waals surface area (Å²) in [7, 11) is 0. The molecule has 0 bridgehead atoms. The molecule has 108 valence electrons. The molecule has 1 amide bonds. The number of hydrogen-bond donors (Lipinski definition) is 2. The molecule has 0 unspecified atom stereocenters. The number of nitrogens with one attached hydrogen (secondary N) is 1. The van der Waals surface area contributed by atoms with Gasteiger partial charge in [-0.15, -0.1) is 6.58 Å². The molecule has 2 N–H and O–H groups in total. The van der Waals surface area contributed by atoms with Crippen LogP contribution in [0.25, 0.3) is 0 Å². The zero-order chi connectivity index (χ0) is 14.7. The summed E-state index contributed by atoms with van der Waals surface area (Å²) in [6, 6.07) is -0.984.